The number of benzene rings is 1. The van der Waals surface area contributed by atoms with E-state index in [-0.39, 0.29) is 35.9 Å². The summed E-state index contributed by atoms with van der Waals surface area (Å²) >= 11 is 0. The van der Waals surface area contributed by atoms with Gasteiger partial charge in [0.2, 0.25) is 5.91 Å². The van der Waals surface area contributed by atoms with Gasteiger partial charge in [-0.05, 0) is 31.5 Å². The number of anilines is 1. The summed E-state index contributed by atoms with van der Waals surface area (Å²) in [5.74, 6) is -0.288. The molecule has 116 valence electrons. The van der Waals surface area contributed by atoms with E-state index < -0.39 is 6.29 Å². The molecule has 21 heavy (non-hydrogen) atoms. The first-order valence-corrected chi connectivity index (χ1v) is 6.48. The van der Waals surface area contributed by atoms with Crippen molar-refractivity contribution in [1.29, 1.82) is 0 Å². The number of carbonyl (C=O) groups excluding carboxylic acids is 1. The third-order valence-corrected chi connectivity index (χ3v) is 3.30. The Kier molecular flexibility index (Phi) is 4.53. The lowest BCUT2D eigenvalue weighted by atomic mass is 10.0. The Bertz CT molecular complexity index is 536. The predicted molar refractivity (Wildman–Crippen MR) is 74.2 cm³/mol. The fourth-order valence-corrected chi connectivity index (χ4v) is 2.33. The number of carbonyl (C=O) groups is 1. The van der Waals surface area contributed by atoms with Crippen LogP contribution in [0.3, 0.4) is 0 Å². The molecule has 1 amide bonds. The molecular weight excluding hydrogens is 306 g/mol. The molecule has 5 nitrogen and oxygen atoms in total. The second kappa shape index (κ2) is 6.03. The normalized spacial score (nSPS) is 22.3. The fraction of sp³-hybridized carbons (Fsp3) is 0.462. The third-order valence-electron chi connectivity index (χ3n) is 3.30. The number of nitrogens with one attached hydrogen (secondary N) is 2. The Labute approximate surface area is 126 Å². The van der Waals surface area contributed by atoms with Crippen molar-refractivity contribution in [3.8, 4) is 11.5 Å². The zero-order valence-electron chi connectivity index (χ0n) is 11.0. The number of fused-ring (bicyclic) bond motifs is 1. The van der Waals surface area contributed by atoms with Crippen LogP contribution in [0.1, 0.15) is 19.3 Å². The van der Waals surface area contributed by atoms with Gasteiger partial charge in [-0.25, -0.2) is 0 Å². The van der Waals surface area contributed by atoms with Gasteiger partial charge in [-0.15, -0.1) is 21.2 Å². The minimum Gasteiger partial charge on any atom is -0.395 e. The quantitative estimate of drug-likeness (QED) is 0.879. The Morgan fingerprint density at radius 3 is 2.76 bits per heavy atom. The fourth-order valence-electron chi connectivity index (χ4n) is 2.33. The number of ether oxygens (including phenoxy) is 2. The smallest absolute Gasteiger partial charge is 0.395 e. The molecule has 0 spiro atoms. The van der Waals surface area contributed by atoms with Crippen LogP contribution in [0.5, 0.6) is 11.5 Å². The van der Waals surface area contributed by atoms with Gasteiger partial charge in [0.15, 0.2) is 11.5 Å². The molecule has 2 aliphatic rings. The number of hydrogen-bond acceptors (Lipinski definition) is 4. The molecule has 3 rings (SSSR count). The Balaban J connectivity index is 0.00000161. The van der Waals surface area contributed by atoms with E-state index in [0.717, 1.165) is 25.8 Å². The first kappa shape index (κ1) is 15.8. The summed E-state index contributed by atoms with van der Waals surface area (Å²) in [5, 5.41) is 5.80. The lowest BCUT2D eigenvalue weighted by molar-refractivity contribution is -0.286. The molecule has 2 aliphatic heterocycles. The molecule has 0 saturated carbocycles. The maximum Gasteiger partial charge on any atom is 0.586 e. The van der Waals surface area contributed by atoms with E-state index in [1.54, 1.807) is 0 Å². The van der Waals surface area contributed by atoms with Crippen LogP contribution in [-0.2, 0) is 4.79 Å². The second-order valence-electron chi connectivity index (χ2n) is 4.82. The monoisotopic (exact) mass is 320 g/mol. The zero-order chi connectivity index (χ0) is 14.2. The average Bonchev–Trinajstić information content (AvgIpc) is 2.73. The molecule has 0 unspecified atom stereocenters. The maximum absolute atomic E-state index is 12.9. The van der Waals surface area contributed by atoms with Gasteiger partial charge in [0.1, 0.15) is 0 Å². The first-order valence-electron chi connectivity index (χ1n) is 6.48. The highest BCUT2D eigenvalue weighted by atomic mass is 35.5. The minimum absolute atomic E-state index is 0. The summed E-state index contributed by atoms with van der Waals surface area (Å²) in [5.41, 5.74) is 0.405. The molecule has 8 heteroatoms. The molecule has 0 aromatic heterocycles. The van der Waals surface area contributed by atoms with Crippen molar-refractivity contribution in [3.05, 3.63) is 18.2 Å². The number of amides is 1. The largest absolute Gasteiger partial charge is 0.586 e. The van der Waals surface area contributed by atoms with Crippen molar-refractivity contribution in [2.24, 2.45) is 0 Å². The van der Waals surface area contributed by atoms with Crippen molar-refractivity contribution >= 4 is 24.0 Å². The molecule has 2 heterocycles. The van der Waals surface area contributed by atoms with Crippen molar-refractivity contribution in [2.45, 2.75) is 31.6 Å². The van der Waals surface area contributed by atoms with Gasteiger partial charge in [0.05, 0.1) is 6.04 Å². The Morgan fingerprint density at radius 2 is 2.05 bits per heavy atom. The van der Waals surface area contributed by atoms with Crippen molar-refractivity contribution in [1.82, 2.24) is 5.32 Å². The van der Waals surface area contributed by atoms with Gasteiger partial charge in [-0.2, -0.15) is 0 Å². The molecule has 0 bridgehead atoms. The van der Waals surface area contributed by atoms with Crippen LogP contribution >= 0.6 is 12.4 Å². The summed E-state index contributed by atoms with van der Waals surface area (Å²) in [6.07, 6.45) is -0.814. The zero-order valence-corrected chi connectivity index (χ0v) is 11.8. The van der Waals surface area contributed by atoms with Gasteiger partial charge in [0.25, 0.3) is 0 Å². The number of piperidine rings is 1. The highest BCUT2D eigenvalue weighted by molar-refractivity contribution is 5.95. The van der Waals surface area contributed by atoms with Gasteiger partial charge in [-0.3, -0.25) is 4.79 Å². The lowest BCUT2D eigenvalue weighted by Gasteiger charge is -2.22. The molecule has 0 radical (unpaired) electrons. The predicted octanol–water partition coefficient (Wildman–Crippen LogP) is 2.51. The van der Waals surface area contributed by atoms with Crippen LogP contribution < -0.4 is 20.1 Å². The topological polar surface area (TPSA) is 59.6 Å². The SMILES string of the molecule is Cl.O=C(Nc1ccc2c(c1)OC(F)(F)O2)[C@H]1CCCCN1. The number of alkyl halides is 2. The average molecular weight is 321 g/mol. The number of hydrogen-bond donors (Lipinski definition) is 2. The van der Waals surface area contributed by atoms with Crippen LogP contribution in [0.25, 0.3) is 0 Å². The first-order chi connectivity index (χ1) is 9.53. The third kappa shape index (κ3) is 3.54. The molecule has 2 N–H and O–H groups in total. The molecule has 1 atom stereocenters. The molecule has 1 aromatic carbocycles. The summed E-state index contributed by atoms with van der Waals surface area (Å²) in [6, 6.07) is 3.94. The minimum atomic E-state index is -3.64. The molecule has 1 saturated heterocycles. The highest BCUT2D eigenvalue weighted by Gasteiger charge is 2.43. The van der Waals surface area contributed by atoms with E-state index >= 15 is 0 Å². The van der Waals surface area contributed by atoms with Crippen molar-refractivity contribution < 1.29 is 23.0 Å². The van der Waals surface area contributed by atoms with Gasteiger partial charge < -0.3 is 20.1 Å². The summed E-state index contributed by atoms with van der Waals surface area (Å²) in [7, 11) is 0. The van der Waals surface area contributed by atoms with Crippen molar-refractivity contribution in [2.75, 3.05) is 11.9 Å². The lowest BCUT2D eigenvalue weighted by Crippen LogP contribution is -2.43. The van der Waals surface area contributed by atoms with Crippen molar-refractivity contribution in [3.63, 3.8) is 0 Å². The molecule has 1 fully saturated rings. The Hall–Kier alpha value is -1.60. The van der Waals surface area contributed by atoms with E-state index in [9.17, 15) is 13.6 Å². The van der Waals surface area contributed by atoms with Crippen LogP contribution in [0.2, 0.25) is 0 Å². The maximum atomic E-state index is 12.9. The van der Waals surface area contributed by atoms with Gasteiger partial charge >= 0.3 is 6.29 Å². The van der Waals surface area contributed by atoms with E-state index in [1.807, 2.05) is 0 Å². The highest BCUT2D eigenvalue weighted by Crippen LogP contribution is 2.42. The van der Waals surface area contributed by atoms with Crippen LogP contribution in [-0.4, -0.2) is 24.8 Å². The number of rotatable bonds is 2. The second-order valence-corrected chi connectivity index (χ2v) is 4.82. The molecule has 0 aliphatic carbocycles. The van der Waals surface area contributed by atoms with Crippen LogP contribution in [0.15, 0.2) is 18.2 Å². The number of halogens is 3. The van der Waals surface area contributed by atoms with Gasteiger partial charge in [-0.1, -0.05) is 6.42 Å². The summed E-state index contributed by atoms with van der Waals surface area (Å²) in [6.45, 7) is 0.811. The van der Waals surface area contributed by atoms with E-state index in [0.29, 0.717) is 5.69 Å². The Morgan fingerprint density at radius 1 is 1.29 bits per heavy atom. The molecular formula is C13H15ClF2N2O3. The standard InChI is InChI=1S/C13H14F2N2O3.ClH/c14-13(15)19-10-5-4-8(7-11(10)20-13)17-12(18)9-3-1-2-6-16-9;/h4-5,7,9,16H,1-3,6H2,(H,17,18);1H/t9-;/m1./s1. The van der Waals surface area contributed by atoms with E-state index in [4.69, 9.17) is 0 Å². The van der Waals surface area contributed by atoms with E-state index in [1.165, 1.54) is 18.2 Å². The summed E-state index contributed by atoms with van der Waals surface area (Å²) < 4.78 is 34.4. The van der Waals surface area contributed by atoms with Gasteiger partial charge in [0, 0.05) is 11.8 Å². The van der Waals surface area contributed by atoms with Crippen LogP contribution in [0.4, 0.5) is 14.5 Å². The van der Waals surface area contributed by atoms with E-state index in [2.05, 4.69) is 20.1 Å². The summed E-state index contributed by atoms with van der Waals surface area (Å²) in [4.78, 5) is 12.0. The molecule has 1 aromatic rings. The van der Waals surface area contributed by atoms with Crippen LogP contribution in [0, 0.1) is 0 Å².